The number of cyclic esters (lactones) is 1. The Morgan fingerprint density at radius 1 is 1.25 bits per heavy atom. The molecule has 0 spiro atoms. The van der Waals surface area contributed by atoms with E-state index in [4.69, 9.17) is 18.6 Å². The third kappa shape index (κ3) is 1.56. The lowest BCUT2D eigenvalue weighted by atomic mass is 10.1. The first kappa shape index (κ1) is 12.5. The zero-order valence-corrected chi connectivity index (χ0v) is 11.0. The fourth-order valence-electron chi connectivity index (χ4n) is 2.13. The minimum atomic E-state index is -1.16. The lowest BCUT2D eigenvalue weighted by Crippen LogP contribution is -2.38. The molecule has 0 unspecified atom stereocenters. The Morgan fingerprint density at radius 2 is 1.95 bits per heavy atom. The number of aromatic hydroxyl groups is 2. The predicted octanol–water partition coefficient (Wildman–Crippen LogP) is 2.14. The van der Waals surface area contributed by atoms with Crippen molar-refractivity contribution in [3.05, 3.63) is 11.6 Å². The molecule has 106 valence electrons. The van der Waals surface area contributed by atoms with Gasteiger partial charge < -0.3 is 28.8 Å². The number of fused-ring (bicyclic) bond motifs is 3. The van der Waals surface area contributed by atoms with Gasteiger partial charge in [0.05, 0.1) is 7.11 Å². The van der Waals surface area contributed by atoms with Gasteiger partial charge in [0, 0.05) is 19.2 Å². The first-order chi connectivity index (χ1) is 9.34. The molecular formula is C13H12O7. The van der Waals surface area contributed by atoms with E-state index in [1.807, 2.05) is 0 Å². The van der Waals surface area contributed by atoms with Crippen LogP contribution in [0, 0.1) is 0 Å². The Morgan fingerprint density at radius 3 is 2.60 bits per heavy atom. The van der Waals surface area contributed by atoms with E-state index < -0.39 is 23.3 Å². The van der Waals surface area contributed by atoms with Crippen molar-refractivity contribution >= 4 is 16.9 Å². The second-order valence-electron chi connectivity index (χ2n) is 4.81. The Bertz CT molecular complexity index is 726. The summed E-state index contributed by atoms with van der Waals surface area (Å²) in [6.07, 6.45) is 0. The van der Waals surface area contributed by atoms with Crippen molar-refractivity contribution in [3.8, 4) is 23.2 Å². The highest BCUT2D eigenvalue weighted by Crippen LogP contribution is 2.48. The summed E-state index contributed by atoms with van der Waals surface area (Å²) < 4.78 is 21.0. The molecule has 2 heterocycles. The van der Waals surface area contributed by atoms with Crippen molar-refractivity contribution in [1.82, 2.24) is 0 Å². The van der Waals surface area contributed by atoms with Crippen LogP contribution >= 0.6 is 0 Å². The van der Waals surface area contributed by atoms with Crippen LogP contribution in [0.4, 0.5) is 0 Å². The second kappa shape index (κ2) is 3.72. The number of carbonyl (C=O) groups is 1. The van der Waals surface area contributed by atoms with Gasteiger partial charge in [-0.3, -0.25) is 0 Å². The third-order valence-corrected chi connectivity index (χ3v) is 2.94. The smallest absolute Gasteiger partial charge is 0.349 e. The minimum Gasteiger partial charge on any atom is -0.504 e. The van der Waals surface area contributed by atoms with Gasteiger partial charge in [0.15, 0.2) is 16.9 Å². The summed E-state index contributed by atoms with van der Waals surface area (Å²) in [6.45, 7) is 3.13. The molecule has 7 heteroatoms. The summed E-state index contributed by atoms with van der Waals surface area (Å²) in [5, 5.41) is 19.7. The van der Waals surface area contributed by atoms with Crippen LogP contribution in [0.3, 0.4) is 0 Å². The van der Waals surface area contributed by atoms with Crippen LogP contribution in [0.5, 0.6) is 23.2 Å². The van der Waals surface area contributed by atoms with Crippen molar-refractivity contribution in [1.29, 1.82) is 0 Å². The van der Waals surface area contributed by atoms with Crippen LogP contribution in [0.15, 0.2) is 10.5 Å². The summed E-state index contributed by atoms with van der Waals surface area (Å²) in [7, 11) is 1.30. The molecule has 0 saturated heterocycles. The molecule has 1 aliphatic rings. The van der Waals surface area contributed by atoms with E-state index in [2.05, 4.69) is 0 Å². The number of esters is 1. The molecule has 1 aromatic carbocycles. The fourth-order valence-corrected chi connectivity index (χ4v) is 2.13. The lowest BCUT2D eigenvalue weighted by molar-refractivity contribution is -0.136. The molecule has 2 N–H and O–H groups in total. The van der Waals surface area contributed by atoms with Crippen molar-refractivity contribution in [2.45, 2.75) is 19.6 Å². The normalized spacial score (nSPS) is 16.4. The first-order valence-electron chi connectivity index (χ1n) is 5.82. The molecule has 0 aliphatic carbocycles. The van der Waals surface area contributed by atoms with Crippen molar-refractivity contribution in [2.75, 3.05) is 7.11 Å². The zero-order chi connectivity index (χ0) is 14.7. The van der Waals surface area contributed by atoms with Gasteiger partial charge in [0.1, 0.15) is 0 Å². The maximum absolute atomic E-state index is 12.0. The van der Waals surface area contributed by atoms with Gasteiger partial charge in [-0.05, 0) is 6.07 Å². The van der Waals surface area contributed by atoms with E-state index in [0.717, 1.165) is 0 Å². The summed E-state index contributed by atoms with van der Waals surface area (Å²) in [6, 6.07) is 1.19. The van der Waals surface area contributed by atoms with Gasteiger partial charge in [0.25, 0.3) is 5.79 Å². The number of rotatable bonds is 1. The number of methoxy groups -OCH3 is 1. The molecular weight excluding hydrogens is 268 g/mol. The Balaban J connectivity index is 2.36. The number of carbonyl (C=O) groups excluding carboxylic acids is 1. The standard InChI is InChI=1S/C13H12O7/c1-13(2)19-11(16)7-5-4-6(14)8(15)10(17-3)9(5)18-12(7)20-13/h4,14-15H,1-3H3. The molecule has 0 saturated carbocycles. The molecule has 0 atom stereocenters. The van der Waals surface area contributed by atoms with Gasteiger partial charge in [0.2, 0.25) is 11.5 Å². The van der Waals surface area contributed by atoms with Crippen LogP contribution in [0.1, 0.15) is 24.2 Å². The molecule has 0 amide bonds. The van der Waals surface area contributed by atoms with Gasteiger partial charge in [-0.15, -0.1) is 0 Å². The van der Waals surface area contributed by atoms with Gasteiger partial charge >= 0.3 is 11.9 Å². The first-order valence-corrected chi connectivity index (χ1v) is 5.82. The Labute approximate surface area is 113 Å². The fraction of sp³-hybridized carbons (Fsp3) is 0.308. The molecule has 7 nitrogen and oxygen atoms in total. The average Bonchev–Trinajstić information content (AvgIpc) is 2.66. The minimum absolute atomic E-state index is 0.0375. The number of benzene rings is 1. The van der Waals surface area contributed by atoms with Crippen molar-refractivity contribution < 1.29 is 33.6 Å². The third-order valence-electron chi connectivity index (χ3n) is 2.94. The maximum Gasteiger partial charge on any atom is 0.349 e. The summed E-state index contributed by atoms with van der Waals surface area (Å²) in [4.78, 5) is 12.0. The number of phenolic OH excluding ortho intramolecular Hbond substituents is 2. The molecule has 2 aromatic rings. The molecule has 3 rings (SSSR count). The molecule has 1 aliphatic heterocycles. The van der Waals surface area contributed by atoms with E-state index >= 15 is 0 Å². The molecule has 1 aromatic heterocycles. The van der Waals surface area contributed by atoms with Crippen LogP contribution in [0.2, 0.25) is 0 Å². The summed E-state index contributed by atoms with van der Waals surface area (Å²) in [5.41, 5.74) is 0.148. The number of ether oxygens (including phenoxy) is 3. The number of furan rings is 1. The van der Waals surface area contributed by atoms with Crippen LogP contribution in [-0.4, -0.2) is 29.1 Å². The van der Waals surface area contributed by atoms with Crippen LogP contribution in [-0.2, 0) is 4.74 Å². The summed E-state index contributed by atoms with van der Waals surface area (Å²) in [5.74, 6) is -2.82. The predicted molar refractivity (Wildman–Crippen MR) is 66.2 cm³/mol. The SMILES string of the molecule is COc1c(O)c(O)cc2c3c(oc12)OC(C)(C)OC3=O. The number of hydrogen-bond donors (Lipinski definition) is 2. The Hall–Kier alpha value is -2.57. The van der Waals surface area contributed by atoms with Crippen LogP contribution < -0.4 is 9.47 Å². The van der Waals surface area contributed by atoms with E-state index in [9.17, 15) is 15.0 Å². The highest BCUT2D eigenvalue weighted by atomic mass is 16.8. The average molecular weight is 280 g/mol. The van der Waals surface area contributed by atoms with Gasteiger partial charge in [-0.1, -0.05) is 0 Å². The largest absolute Gasteiger partial charge is 0.504 e. The van der Waals surface area contributed by atoms with Crippen molar-refractivity contribution in [2.24, 2.45) is 0 Å². The Kier molecular flexibility index (Phi) is 2.32. The van der Waals surface area contributed by atoms with Gasteiger partial charge in [-0.2, -0.15) is 0 Å². The highest BCUT2D eigenvalue weighted by molar-refractivity contribution is 6.08. The topological polar surface area (TPSA) is 98.4 Å². The van der Waals surface area contributed by atoms with E-state index in [-0.39, 0.29) is 28.2 Å². The maximum atomic E-state index is 12.0. The van der Waals surface area contributed by atoms with Gasteiger partial charge in [-0.25, -0.2) is 4.79 Å². The van der Waals surface area contributed by atoms with E-state index in [0.29, 0.717) is 0 Å². The second-order valence-corrected chi connectivity index (χ2v) is 4.81. The zero-order valence-electron chi connectivity index (χ0n) is 11.0. The molecule has 0 bridgehead atoms. The molecule has 0 fully saturated rings. The lowest BCUT2D eigenvalue weighted by Gasteiger charge is -2.28. The molecule has 20 heavy (non-hydrogen) atoms. The van der Waals surface area contributed by atoms with Crippen molar-refractivity contribution in [3.63, 3.8) is 0 Å². The number of hydrogen-bond acceptors (Lipinski definition) is 7. The number of phenols is 2. The highest BCUT2D eigenvalue weighted by Gasteiger charge is 2.39. The summed E-state index contributed by atoms with van der Waals surface area (Å²) >= 11 is 0. The van der Waals surface area contributed by atoms with E-state index in [1.165, 1.54) is 13.2 Å². The van der Waals surface area contributed by atoms with Crippen LogP contribution in [0.25, 0.3) is 11.0 Å². The quantitative estimate of drug-likeness (QED) is 0.609. The molecule has 0 radical (unpaired) electrons. The monoisotopic (exact) mass is 280 g/mol. The van der Waals surface area contributed by atoms with E-state index in [1.54, 1.807) is 13.8 Å².